The lowest BCUT2D eigenvalue weighted by molar-refractivity contribution is -0.132. The van der Waals surface area contributed by atoms with Crippen LogP contribution in [0.3, 0.4) is 0 Å². The minimum Gasteiger partial charge on any atom is -0.497 e. The fraction of sp³-hybridized carbons (Fsp3) is 0.409. The van der Waals surface area contributed by atoms with Crippen molar-refractivity contribution in [1.82, 2.24) is 9.80 Å². The molecular weight excluding hydrogens is 372 g/mol. The Morgan fingerprint density at radius 3 is 2.57 bits per heavy atom. The van der Waals surface area contributed by atoms with Gasteiger partial charge in [-0.25, -0.2) is 0 Å². The largest absolute Gasteiger partial charge is 0.497 e. The molecule has 2 heterocycles. The molecule has 4 rings (SSSR count). The van der Waals surface area contributed by atoms with Crippen molar-refractivity contribution in [1.29, 1.82) is 0 Å². The minimum atomic E-state index is 0.0300. The molecule has 0 N–H and O–H groups in total. The first-order valence-electron chi connectivity index (χ1n) is 9.64. The van der Waals surface area contributed by atoms with Crippen LogP contribution in [0.25, 0.3) is 0 Å². The van der Waals surface area contributed by atoms with Crippen molar-refractivity contribution in [2.45, 2.75) is 23.1 Å². The molecule has 0 aliphatic carbocycles. The molecule has 1 unspecified atom stereocenters. The Hall–Kier alpha value is -2.18. The van der Waals surface area contributed by atoms with Gasteiger partial charge in [0.2, 0.25) is 5.91 Å². The molecule has 0 spiro atoms. The summed E-state index contributed by atoms with van der Waals surface area (Å²) in [6.45, 7) is 4.09. The number of ether oxygens (including phenoxy) is 2. The number of benzene rings is 2. The summed E-state index contributed by atoms with van der Waals surface area (Å²) in [5, 5.41) is 0.0300. The van der Waals surface area contributed by atoms with Crippen LogP contribution in [-0.2, 0) is 17.8 Å². The van der Waals surface area contributed by atoms with E-state index in [-0.39, 0.29) is 11.2 Å². The average Bonchev–Trinajstić information content (AvgIpc) is 3.18. The van der Waals surface area contributed by atoms with Gasteiger partial charge in [-0.05, 0) is 36.2 Å². The number of methoxy groups -OCH3 is 2. The zero-order valence-corrected chi connectivity index (χ0v) is 17.2. The van der Waals surface area contributed by atoms with Gasteiger partial charge in [0.25, 0.3) is 0 Å². The Balaban J connectivity index is 1.33. The molecule has 0 bridgehead atoms. The SMILES string of the molecule is COc1ccc(OC)c(CN2CCN(C(=O)C3Cc4ccccc4S3)CC2)c1. The second-order valence-corrected chi connectivity index (χ2v) is 8.44. The molecule has 2 aromatic carbocycles. The Bertz CT molecular complexity index is 824. The van der Waals surface area contributed by atoms with Gasteiger partial charge in [0.05, 0.1) is 19.5 Å². The summed E-state index contributed by atoms with van der Waals surface area (Å²) in [4.78, 5) is 18.6. The van der Waals surface area contributed by atoms with Gasteiger partial charge in [-0.3, -0.25) is 9.69 Å². The number of carbonyl (C=O) groups excluding carboxylic acids is 1. The van der Waals surface area contributed by atoms with Crippen LogP contribution in [0, 0.1) is 0 Å². The van der Waals surface area contributed by atoms with E-state index in [1.54, 1.807) is 26.0 Å². The third-order valence-corrected chi connectivity index (χ3v) is 6.79. The molecule has 6 heteroatoms. The quantitative estimate of drug-likeness (QED) is 0.774. The number of carbonyl (C=O) groups is 1. The fourth-order valence-electron chi connectivity index (χ4n) is 3.90. The van der Waals surface area contributed by atoms with E-state index in [0.29, 0.717) is 0 Å². The lowest BCUT2D eigenvalue weighted by Gasteiger charge is -2.36. The van der Waals surface area contributed by atoms with Gasteiger partial charge < -0.3 is 14.4 Å². The molecule has 5 nitrogen and oxygen atoms in total. The van der Waals surface area contributed by atoms with E-state index in [1.807, 2.05) is 29.2 Å². The Labute approximate surface area is 170 Å². The van der Waals surface area contributed by atoms with Crippen LogP contribution in [0.15, 0.2) is 47.4 Å². The van der Waals surface area contributed by atoms with E-state index >= 15 is 0 Å². The van der Waals surface area contributed by atoms with Crippen molar-refractivity contribution in [3.05, 3.63) is 53.6 Å². The molecule has 1 amide bonds. The summed E-state index contributed by atoms with van der Waals surface area (Å²) >= 11 is 1.72. The molecule has 0 saturated carbocycles. The second kappa shape index (κ2) is 8.45. The topological polar surface area (TPSA) is 42.0 Å². The molecule has 148 valence electrons. The lowest BCUT2D eigenvalue weighted by Crippen LogP contribution is -2.50. The summed E-state index contributed by atoms with van der Waals surface area (Å²) in [5.74, 6) is 1.99. The van der Waals surface area contributed by atoms with E-state index in [9.17, 15) is 4.79 Å². The van der Waals surface area contributed by atoms with Crippen LogP contribution in [0.2, 0.25) is 0 Å². The Morgan fingerprint density at radius 1 is 1.07 bits per heavy atom. The zero-order valence-electron chi connectivity index (χ0n) is 16.4. The van der Waals surface area contributed by atoms with Gasteiger partial charge in [0, 0.05) is 43.2 Å². The van der Waals surface area contributed by atoms with Gasteiger partial charge in [-0.2, -0.15) is 0 Å². The number of amides is 1. The maximum absolute atomic E-state index is 13.0. The van der Waals surface area contributed by atoms with Crippen LogP contribution < -0.4 is 9.47 Å². The number of piperazine rings is 1. The number of nitrogens with zero attached hydrogens (tertiary/aromatic N) is 2. The van der Waals surface area contributed by atoms with Crippen molar-refractivity contribution in [2.75, 3.05) is 40.4 Å². The maximum Gasteiger partial charge on any atom is 0.236 e. The standard InChI is InChI=1S/C22H26N2O3S/c1-26-18-7-8-19(27-2)17(13-18)15-23-9-11-24(12-10-23)22(25)21-14-16-5-3-4-6-20(16)28-21/h3-8,13,21H,9-12,14-15H2,1-2H3. The van der Waals surface area contributed by atoms with Gasteiger partial charge in [-0.1, -0.05) is 18.2 Å². The van der Waals surface area contributed by atoms with Crippen molar-refractivity contribution >= 4 is 17.7 Å². The number of hydrogen-bond donors (Lipinski definition) is 0. The van der Waals surface area contributed by atoms with E-state index in [4.69, 9.17) is 9.47 Å². The first-order valence-corrected chi connectivity index (χ1v) is 10.5. The summed E-state index contributed by atoms with van der Waals surface area (Å²) in [5.41, 5.74) is 2.41. The van der Waals surface area contributed by atoms with Crippen molar-refractivity contribution < 1.29 is 14.3 Å². The predicted octanol–water partition coefficient (Wildman–Crippen LogP) is 3.07. The normalized spacial score (nSPS) is 19.4. The number of rotatable bonds is 5. The molecule has 1 fully saturated rings. The van der Waals surface area contributed by atoms with Crippen LogP contribution in [0.1, 0.15) is 11.1 Å². The number of fused-ring (bicyclic) bond motifs is 1. The first kappa shape index (κ1) is 19.2. The molecule has 1 saturated heterocycles. The molecular formula is C22H26N2O3S. The molecule has 0 radical (unpaired) electrons. The van der Waals surface area contributed by atoms with E-state index < -0.39 is 0 Å². The van der Waals surface area contributed by atoms with Crippen LogP contribution >= 0.6 is 11.8 Å². The van der Waals surface area contributed by atoms with Gasteiger partial charge in [-0.15, -0.1) is 11.8 Å². The molecule has 28 heavy (non-hydrogen) atoms. The summed E-state index contributed by atoms with van der Waals surface area (Å²) in [7, 11) is 3.37. The van der Waals surface area contributed by atoms with Crippen LogP contribution in [0.5, 0.6) is 11.5 Å². The number of hydrogen-bond acceptors (Lipinski definition) is 5. The predicted molar refractivity (Wildman–Crippen MR) is 111 cm³/mol. The molecule has 2 aliphatic heterocycles. The molecule has 2 aliphatic rings. The highest BCUT2D eigenvalue weighted by molar-refractivity contribution is 8.01. The third kappa shape index (κ3) is 3.98. The maximum atomic E-state index is 13.0. The monoisotopic (exact) mass is 398 g/mol. The first-order chi connectivity index (χ1) is 13.7. The summed E-state index contributed by atoms with van der Waals surface area (Å²) in [6, 6.07) is 14.2. The van der Waals surface area contributed by atoms with E-state index in [1.165, 1.54) is 10.5 Å². The van der Waals surface area contributed by atoms with Gasteiger partial charge in [0.1, 0.15) is 11.5 Å². The average molecular weight is 399 g/mol. The number of thioether (sulfide) groups is 1. The Morgan fingerprint density at radius 2 is 1.86 bits per heavy atom. The van der Waals surface area contributed by atoms with Crippen molar-refractivity contribution in [3.63, 3.8) is 0 Å². The fourth-order valence-corrected chi connectivity index (χ4v) is 5.18. The van der Waals surface area contributed by atoms with E-state index in [0.717, 1.165) is 56.2 Å². The van der Waals surface area contributed by atoms with Crippen molar-refractivity contribution in [3.8, 4) is 11.5 Å². The Kier molecular flexibility index (Phi) is 5.78. The highest BCUT2D eigenvalue weighted by Crippen LogP contribution is 2.37. The van der Waals surface area contributed by atoms with E-state index in [2.05, 4.69) is 23.1 Å². The zero-order chi connectivity index (χ0) is 19.5. The van der Waals surface area contributed by atoms with Gasteiger partial charge >= 0.3 is 0 Å². The lowest BCUT2D eigenvalue weighted by atomic mass is 10.1. The summed E-state index contributed by atoms with van der Waals surface area (Å²) in [6.07, 6.45) is 0.848. The second-order valence-electron chi connectivity index (χ2n) is 7.20. The summed E-state index contributed by atoms with van der Waals surface area (Å²) < 4.78 is 10.8. The van der Waals surface area contributed by atoms with Crippen molar-refractivity contribution in [2.24, 2.45) is 0 Å². The highest BCUT2D eigenvalue weighted by atomic mass is 32.2. The smallest absolute Gasteiger partial charge is 0.236 e. The molecule has 0 aromatic heterocycles. The van der Waals surface area contributed by atoms with Crippen LogP contribution in [-0.4, -0.2) is 61.4 Å². The third-order valence-electron chi connectivity index (χ3n) is 5.49. The van der Waals surface area contributed by atoms with Crippen LogP contribution in [0.4, 0.5) is 0 Å². The van der Waals surface area contributed by atoms with Gasteiger partial charge in [0.15, 0.2) is 0 Å². The molecule has 1 atom stereocenters. The molecule has 2 aromatic rings. The highest BCUT2D eigenvalue weighted by Gasteiger charge is 2.32. The minimum absolute atomic E-state index is 0.0300.